The lowest BCUT2D eigenvalue weighted by Crippen LogP contribution is -2.56. The zero-order chi connectivity index (χ0) is 18.6. The SMILES string of the molecule is Cc1cc2c(c(C)c1O)CCC1(CCC1)N2Cc1ccc2ccccc2n1. The minimum Gasteiger partial charge on any atom is -0.507 e. The van der Waals surface area contributed by atoms with E-state index in [1.807, 2.05) is 6.92 Å². The molecular weight excluding hydrogens is 332 g/mol. The topological polar surface area (TPSA) is 36.4 Å². The number of aromatic hydroxyl groups is 1. The van der Waals surface area contributed by atoms with Crippen LogP contribution in [-0.2, 0) is 13.0 Å². The summed E-state index contributed by atoms with van der Waals surface area (Å²) >= 11 is 0. The van der Waals surface area contributed by atoms with Crippen LogP contribution in [0, 0.1) is 13.8 Å². The van der Waals surface area contributed by atoms with Gasteiger partial charge in [-0.1, -0.05) is 24.3 Å². The average Bonchev–Trinajstić information content (AvgIpc) is 2.65. The largest absolute Gasteiger partial charge is 0.507 e. The van der Waals surface area contributed by atoms with Gasteiger partial charge in [0, 0.05) is 16.6 Å². The number of hydrogen-bond donors (Lipinski definition) is 1. The Morgan fingerprint density at radius 3 is 2.67 bits per heavy atom. The van der Waals surface area contributed by atoms with Gasteiger partial charge in [-0.15, -0.1) is 0 Å². The maximum Gasteiger partial charge on any atom is 0.121 e. The van der Waals surface area contributed by atoms with Crippen molar-refractivity contribution in [3.8, 4) is 5.75 Å². The van der Waals surface area contributed by atoms with E-state index < -0.39 is 0 Å². The first-order valence-electron chi connectivity index (χ1n) is 10.0. The number of aryl methyl sites for hydroxylation is 1. The summed E-state index contributed by atoms with van der Waals surface area (Å²) in [5.74, 6) is 0.460. The molecule has 1 N–H and O–H groups in total. The van der Waals surface area contributed by atoms with Gasteiger partial charge in [-0.05, 0) is 80.8 Å². The third-order valence-corrected chi connectivity index (χ3v) is 6.81. The van der Waals surface area contributed by atoms with Crippen molar-refractivity contribution < 1.29 is 5.11 Å². The Balaban J connectivity index is 1.60. The highest BCUT2D eigenvalue weighted by molar-refractivity contribution is 5.78. The molecule has 2 aliphatic rings. The number of anilines is 1. The van der Waals surface area contributed by atoms with Crippen LogP contribution in [0.15, 0.2) is 42.5 Å². The summed E-state index contributed by atoms with van der Waals surface area (Å²) in [5.41, 5.74) is 7.11. The van der Waals surface area contributed by atoms with Gasteiger partial charge in [0.15, 0.2) is 0 Å². The monoisotopic (exact) mass is 358 g/mol. The van der Waals surface area contributed by atoms with Crippen LogP contribution in [0.1, 0.15) is 48.1 Å². The molecule has 3 nitrogen and oxygen atoms in total. The molecule has 3 aromatic rings. The number of aromatic nitrogens is 1. The van der Waals surface area contributed by atoms with E-state index in [0.29, 0.717) is 5.75 Å². The van der Waals surface area contributed by atoms with Crippen LogP contribution in [0.5, 0.6) is 5.75 Å². The van der Waals surface area contributed by atoms with Crippen molar-refractivity contribution in [3.63, 3.8) is 0 Å². The fourth-order valence-corrected chi connectivity index (χ4v) is 5.01. The van der Waals surface area contributed by atoms with Gasteiger partial charge in [0.25, 0.3) is 0 Å². The molecule has 0 bridgehead atoms. The minimum absolute atomic E-state index is 0.274. The van der Waals surface area contributed by atoms with Gasteiger partial charge < -0.3 is 10.0 Å². The lowest BCUT2D eigenvalue weighted by Gasteiger charge is -2.55. The molecule has 3 heteroatoms. The molecular formula is C24H26N2O. The number of phenols is 1. The van der Waals surface area contributed by atoms with E-state index >= 15 is 0 Å². The van der Waals surface area contributed by atoms with Crippen molar-refractivity contribution in [2.75, 3.05) is 4.90 Å². The first-order valence-corrected chi connectivity index (χ1v) is 10.0. The van der Waals surface area contributed by atoms with Gasteiger partial charge in [-0.25, -0.2) is 0 Å². The molecule has 0 saturated heterocycles. The van der Waals surface area contributed by atoms with Gasteiger partial charge in [0.2, 0.25) is 0 Å². The van der Waals surface area contributed by atoms with Crippen molar-refractivity contribution in [2.45, 2.75) is 58.0 Å². The summed E-state index contributed by atoms with van der Waals surface area (Å²) in [5, 5.41) is 11.6. The Labute approximate surface area is 160 Å². The maximum atomic E-state index is 10.4. The number of pyridine rings is 1. The Morgan fingerprint density at radius 1 is 1.07 bits per heavy atom. The molecule has 0 unspecified atom stereocenters. The van der Waals surface area contributed by atoms with Gasteiger partial charge in [0.05, 0.1) is 17.8 Å². The molecule has 2 aromatic carbocycles. The Hall–Kier alpha value is -2.55. The summed E-state index contributed by atoms with van der Waals surface area (Å²) < 4.78 is 0. The van der Waals surface area contributed by atoms with E-state index in [1.165, 1.54) is 42.3 Å². The molecule has 5 rings (SSSR count). The second kappa shape index (κ2) is 5.98. The minimum atomic E-state index is 0.274. The highest BCUT2D eigenvalue weighted by Gasteiger charge is 2.45. The molecule has 27 heavy (non-hydrogen) atoms. The molecule has 1 aromatic heterocycles. The third-order valence-electron chi connectivity index (χ3n) is 6.81. The highest BCUT2D eigenvalue weighted by Crippen LogP contribution is 2.50. The quantitative estimate of drug-likeness (QED) is 0.663. The molecule has 1 spiro atoms. The average molecular weight is 358 g/mol. The summed E-state index contributed by atoms with van der Waals surface area (Å²) in [7, 11) is 0. The van der Waals surface area contributed by atoms with Gasteiger partial charge in [-0.2, -0.15) is 0 Å². The van der Waals surface area contributed by atoms with Crippen molar-refractivity contribution in [2.24, 2.45) is 0 Å². The smallest absolute Gasteiger partial charge is 0.121 e. The Kier molecular flexibility index (Phi) is 3.68. The third kappa shape index (κ3) is 2.52. The maximum absolute atomic E-state index is 10.4. The standard InChI is InChI=1S/C24H26N2O/c1-16-14-22-20(17(2)23(16)27)10-13-24(11-5-12-24)26(22)15-19-9-8-18-6-3-4-7-21(18)25-19/h3-4,6-9,14,27H,5,10-13,15H2,1-2H3. The lowest BCUT2D eigenvalue weighted by molar-refractivity contribution is 0.200. The number of hydrogen-bond acceptors (Lipinski definition) is 3. The number of benzene rings is 2. The predicted molar refractivity (Wildman–Crippen MR) is 110 cm³/mol. The summed E-state index contributed by atoms with van der Waals surface area (Å²) in [6.07, 6.45) is 6.08. The first-order chi connectivity index (χ1) is 13.1. The van der Waals surface area contributed by atoms with Gasteiger partial charge >= 0.3 is 0 Å². The predicted octanol–water partition coefficient (Wildman–Crippen LogP) is 5.43. The van der Waals surface area contributed by atoms with E-state index in [2.05, 4.69) is 54.3 Å². The number of fused-ring (bicyclic) bond motifs is 2. The van der Waals surface area contributed by atoms with Crippen LogP contribution in [0.25, 0.3) is 10.9 Å². The second-order valence-electron chi connectivity index (χ2n) is 8.32. The summed E-state index contributed by atoms with van der Waals surface area (Å²) in [6, 6.07) is 14.9. The molecule has 0 radical (unpaired) electrons. The lowest BCUT2D eigenvalue weighted by atomic mass is 9.68. The normalized spacial score (nSPS) is 17.8. The van der Waals surface area contributed by atoms with Crippen molar-refractivity contribution >= 4 is 16.6 Å². The molecule has 0 amide bonds. The number of para-hydroxylation sites is 1. The Bertz CT molecular complexity index is 1040. The van der Waals surface area contributed by atoms with E-state index in [0.717, 1.165) is 35.3 Å². The van der Waals surface area contributed by atoms with E-state index in [9.17, 15) is 5.11 Å². The van der Waals surface area contributed by atoms with Crippen LogP contribution in [-0.4, -0.2) is 15.6 Å². The van der Waals surface area contributed by atoms with Gasteiger partial charge in [-0.3, -0.25) is 4.98 Å². The van der Waals surface area contributed by atoms with Crippen LogP contribution in [0.2, 0.25) is 0 Å². The van der Waals surface area contributed by atoms with Gasteiger partial charge in [0.1, 0.15) is 5.75 Å². The van der Waals surface area contributed by atoms with Crippen LogP contribution in [0.4, 0.5) is 5.69 Å². The molecule has 1 aliphatic carbocycles. The fourth-order valence-electron chi connectivity index (χ4n) is 5.01. The molecule has 138 valence electrons. The van der Waals surface area contributed by atoms with E-state index in [-0.39, 0.29) is 5.54 Å². The summed E-state index contributed by atoms with van der Waals surface area (Å²) in [6.45, 7) is 4.91. The zero-order valence-electron chi connectivity index (χ0n) is 16.1. The van der Waals surface area contributed by atoms with Crippen LogP contribution >= 0.6 is 0 Å². The fraction of sp³-hybridized carbons (Fsp3) is 0.375. The van der Waals surface area contributed by atoms with Crippen molar-refractivity contribution in [3.05, 3.63) is 64.8 Å². The molecule has 1 fully saturated rings. The molecule has 1 saturated carbocycles. The van der Waals surface area contributed by atoms with Crippen molar-refractivity contribution in [1.82, 2.24) is 4.98 Å². The summed E-state index contributed by atoms with van der Waals surface area (Å²) in [4.78, 5) is 7.54. The van der Waals surface area contributed by atoms with E-state index in [4.69, 9.17) is 4.98 Å². The Morgan fingerprint density at radius 2 is 1.89 bits per heavy atom. The molecule has 0 atom stereocenters. The highest BCUT2D eigenvalue weighted by atomic mass is 16.3. The number of phenolic OH excluding ortho intramolecular Hbond substituents is 1. The van der Waals surface area contributed by atoms with Crippen LogP contribution < -0.4 is 4.90 Å². The zero-order valence-corrected chi connectivity index (χ0v) is 16.1. The van der Waals surface area contributed by atoms with E-state index in [1.54, 1.807) is 0 Å². The van der Waals surface area contributed by atoms with Crippen molar-refractivity contribution in [1.29, 1.82) is 0 Å². The first kappa shape index (κ1) is 16.6. The molecule has 1 aliphatic heterocycles. The van der Waals surface area contributed by atoms with Crippen LogP contribution in [0.3, 0.4) is 0 Å². The number of rotatable bonds is 2. The number of nitrogens with zero attached hydrogens (tertiary/aromatic N) is 2. The molecule has 2 heterocycles. The second-order valence-corrected chi connectivity index (χ2v) is 8.32.